The first kappa shape index (κ1) is 17.7. The molecule has 0 radical (unpaired) electrons. The van der Waals surface area contributed by atoms with E-state index in [-0.39, 0.29) is 11.9 Å². The van der Waals surface area contributed by atoms with E-state index >= 15 is 0 Å². The van der Waals surface area contributed by atoms with Gasteiger partial charge in [-0.2, -0.15) is 0 Å². The number of hydrogen-bond donors (Lipinski definition) is 2. The maximum absolute atomic E-state index is 12.6. The molecule has 0 saturated carbocycles. The predicted molar refractivity (Wildman–Crippen MR) is 95.1 cm³/mol. The number of rotatable bonds is 5. The molecule has 2 heterocycles. The van der Waals surface area contributed by atoms with Crippen molar-refractivity contribution in [3.63, 3.8) is 0 Å². The summed E-state index contributed by atoms with van der Waals surface area (Å²) in [5, 5.41) is 6.35. The molecule has 5 heteroatoms. The lowest BCUT2D eigenvalue weighted by Crippen LogP contribution is -2.31. The molecule has 1 amide bonds. The molecule has 0 aliphatic carbocycles. The summed E-state index contributed by atoms with van der Waals surface area (Å²) >= 11 is 0. The molecule has 1 aromatic rings. The first-order valence-corrected chi connectivity index (χ1v) is 8.63. The summed E-state index contributed by atoms with van der Waals surface area (Å²) in [5.41, 5.74) is 3.00. The van der Waals surface area contributed by atoms with Gasteiger partial charge in [0.15, 0.2) is 0 Å². The molecule has 0 spiro atoms. The van der Waals surface area contributed by atoms with Crippen molar-refractivity contribution in [2.75, 3.05) is 32.0 Å². The van der Waals surface area contributed by atoms with Gasteiger partial charge in [-0.05, 0) is 44.9 Å². The minimum atomic E-state index is -0.0424. The van der Waals surface area contributed by atoms with Crippen molar-refractivity contribution in [2.45, 2.75) is 46.6 Å². The molecule has 1 aromatic heterocycles. The molecule has 23 heavy (non-hydrogen) atoms. The predicted octanol–water partition coefficient (Wildman–Crippen LogP) is 2.32. The van der Waals surface area contributed by atoms with Gasteiger partial charge in [0.2, 0.25) is 0 Å². The highest BCUT2D eigenvalue weighted by Crippen LogP contribution is 2.22. The van der Waals surface area contributed by atoms with Crippen LogP contribution in [-0.2, 0) is 12.8 Å². The van der Waals surface area contributed by atoms with Gasteiger partial charge in [0.1, 0.15) is 5.82 Å². The van der Waals surface area contributed by atoms with Crippen molar-refractivity contribution in [1.82, 2.24) is 15.2 Å². The molecule has 5 nitrogen and oxygen atoms in total. The van der Waals surface area contributed by atoms with Crippen LogP contribution in [0.2, 0.25) is 0 Å². The Bertz CT molecular complexity index is 554. The summed E-state index contributed by atoms with van der Waals surface area (Å²) in [6, 6.07) is 2.16. The third kappa shape index (κ3) is 4.93. The average molecular weight is 318 g/mol. The largest absolute Gasteiger partial charge is 0.369 e. The number of nitrogens with one attached hydrogen (secondary N) is 2. The standard InChI is InChI=1S/C18H30N4O/c1-12(2)11-19-17-15(18(23)20-13(3)4)10-14-6-8-22(5)9-7-16(14)21-17/h10,12-13H,6-9,11H2,1-5H3,(H,19,21)(H,20,23). The Kier molecular flexibility index (Phi) is 5.99. The Morgan fingerprint density at radius 3 is 2.61 bits per heavy atom. The normalized spacial score (nSPS) is 15.4. The van der Waals surface area contributed by atoms with Crippen LogP contribution in [0, 0.1) is 5.92 Å². The van der Waals surface area contributed by atoms with E-state index in [2.05, 4.69) is 36.4 Å². The van der Waals surface area contributed by atoms with Gasteiger partial charge in [-0.1, -0.05) is 13.8 Å². The molecule has 1 aliphatic rings. The fourth-order valence-corrected chi connectivity index (χ4v) is 2.69. The zero-order valence-corrected chi connectivity index (χ0v) is 15.1. The van der Waals surface area contributed by atoms with Crippen molar-refractivity contribution in [2.24, 2.45) is 5.92 Å². The second-order valence-electron chi connectivity index (χ2n) is 7.20. The monoisotopic (exact) mass is 318 g/mol. The van der Waals surface area contributed by atoms with E-state index in [0.717, 1.165) is 44.0 Å². The molecule has 0 saturated heterocycles. The highest BCUT2D eigenvalue weighted by molar-refractivity contribution is 5.99. The maximum Gasteiger partial charge on any atom is 0.255 e. The number of fused-ring (bicyclic) bond motifs is 1. The van der Waals surface area contributed by atoms with Crippen molar-refractivity contribution in [3.05, 3.63) is 22.9 Å². The lowest BCUT2D eigenvalue weighted by Gasteiger charge is -2.17. The molecule has 0 fully saturated rings. The highest BCUT2D eigenvalue weighted by atomic mass is 16.1. The Balaban J connectivity index is 2.34. The number of anilines is 1. The van der Waals surface area contributed by atoms with Crippen LogP contribution in [0.3, 0.4) is 0 Å². The maximum atomic E-state index is 12.6. The van der Waals surface area contributed by atoms with Crippen LogP contribution in [0.25, 0.3) is 0 Å². The molecule has 0 aromatic carbocycles. The molecule has 2 rings (SSSR count). The summed E-state index contributed by atoms with van der Waals surface area (Å²) in [5.74, 6) is 1.18. The van der Waals surface area contributed by atoms with E-state index in [9.17, 15) is 4.79 Å². The zero-order chi connectivity index (χ0) is 17.0. The average Bonchev–Trinajstić information content (AvgIpc) is 2.65. The first-order chi connectivity index (χ1) is 10.9. The third-order valence-corrected chi connectivity index (χ3v) is 4.03. The summed E-state index contributed by atoms with van der Waals surface area (Å²) in [6.07, 6.45) is 1.89. The van der Waals surface area contributed by atoms with Crippen LogP contribution >= 0.6 is 0 Å². The van der Waals surface area contributed by atoms with Gasteiger partial charge in [0.25, 0.3) is 5.91 Å². The number of carbonyl (C=O) groups excluding carboxylic acids is 1. The Morgan fingerprint density at radius 1 is 1.26 bits per heavy atom. The Labute approximate surface area is 139 Å². The van der Waals surface area contributed by atoms with Gasteiger partial charge in [0.05, 0.1) is 5.56 Å². The first-order valence-electron chi connectivity index (χ1n) is 8.63. The van der Waals surface area contributed by atoms with Crippen LogP contribution < -0.4 is 10.6 Å². The number of likely N-dealkylation sites (N-methyl/N-ethyl adjacent to an activating group) is 1. The molecule has 1 aliphatic heterocycles. The fraction of sp³-hybridized carbons (Fsp3) is 0.667. The smallest absolute Gasteiger partial charge is 0.255 e. The second kappa shape index (κ2) is 7.77. The second-order valence-corrected chi connectivity index (χ2v) is 7.20. The number of hydrogen-bond acceptors (Lipinski definition) is 4. The van der Waals surface area contributed by atoms with Gasteiger partial charge in [-0.3, -0.25) is 4.79 Å². The van der Waals surface area contributed by atoms with Crippen LogP contribution in [0.5, 0.6) is 0 Å². The highest BCUT2D eigenvalue weighted by Gasteiger charge is 2.20. The fourth-order valence-electron chi connectivity index (χ4n) is 2.69. The summed E-state index contributed by atoms with van der Waals surface area (Å²) in [4.78, 5) is 19.7. The van der Waals surface area contributed by atoms with Crippen LogP contribution in [0.15, 0.2) is 6.07 Å². The van der Waals surface area contributed by atoms with Crippen LogP contribution in [0.4, 0.5) is 5.82 Å². The Hall–Kier alpha value is -1.62. The number of pyridine rings is 1. The quantitative estimate of drug-likeness (QED) is 0.875. The third-order valence-electron chi connectivity index (χ3n) is 4.03. The van der Waals surface area contributed by atoms with E-state index in [1.165, 1.54) is 5.56 Å². The molecular formula is C18H30N4O. The van der Waals surface area contributed by atoms with E-state index in [1.807, 2.05) is 19.9 Å². The number of aromatic nitrogens is 1. The van der Waals surface area contributed by atoms with Gasteiger partial charge >= 0.3 is 0 Å². The van der Waals surface area contributed by atoms with Crippen LogP contribution in [-0.4, -0.2) is 48.5 Å². The topological polar surface area (TPSA) is 57.3 Å². The van der Waals surface area contributed by atoms with Crippen molar-refractivity contribution < 1.29 is 4.79 Å². The summed E-state index contributed by atoms with van der Waals surface area (Å²) in [7, 11) is 2.14. The van der Waals surface area contributed by atoms with Crippen molar-refractivity contribution in [1.29, 1.82) is 0 Å². The van der Waals surface area contributed by atoms with E-state index < -0.39 is 0 Å². The lowest BCUT2D eigenvalue weighted by molar-refractivity contribution is 0.0943. The van der Waals surface area contributed by atoms with Gasteiger partial charge < -0.3 is 15.5 Å². The summed E-state index contributed by atoms with van der Waals surface area (Å²) < 4.78 is 0. The molecule has 0 atom stereocenters. The van der Waals surface area contributed by atoms with Crippen molar-refractivity contribution >= 4 is 11.7 Å². The zero-order valence-electron chi connectivity index (χ0n) is 15.1. The Morgan fingerprint density at radius 2 is 1.96 bits per heavy atom. The molecule has 0 unspecified atom stereocenters. The number of amides is 1. The van der Waals surface area contributed by atoms with E-state index in [0.29, 0.717) is 11.5 Å². The molecule has 0 bridgehead atoms. The SMILES string of the molecule is CC(C)CNc1nc2c(cc1C(=O)NC(C)C)CCN(C)CC2. The molecule has 128 valence electrons. The summed E-state index contributed by atoms with van der Waals surface area (Å²) in [6.45, 7) is 11.1. The minimum absolute atomic E-state index is 0.0424. The molecule has 2 N–H and O–H groups in total. The number of nitrogens with zero attached hydrogens (tertiary/aromatic N) is 2. The lowest BCUT2D eigenvalue weighted by atomic mass is 10.0. The van der Waals surface area contributed by atoms with Gasteiger partial charge in [-0.25, -0.2) is 4.98 Å². The van der Waals surface area contributed by atoms with E-state index in [4.69, 9.17) is 4.98 Å². The van der Waals surface area contributed by atoms with Crippen molar-refractivity contribution in [3.8, 4) is 0 Å². The van der Waals surface area contributed by atoms with Gasteiger partial charge in [0, 0.05) is 37.8 Å². The minimum Gasteiger partial charge on any atom is -0.369 e. The van der Waals surface area contributed by atoms with Gasteiger partial charge in [-0.15, -0.1) is 0 Å². The van der Waals surface area contributed by atoms with E-state index in [1.54, 1.807) is 0 Å². The van der Waals surface area contributed by atoms with Crippen LogP contribution in [0.1, 0.15) is 49.3 Å². The molecular weight excluding hydrogens is 288 g/mol. The number of carbonyl (C=O) groups is 1.